The van der Waals surface area contributed by atoms with E-state index in [0.29, 0.717) is 6.61 Å². The van der Waals surface area contributed by atoms with Crippen LogP contribution < -0.4 is 9.47 Å². The molecule has 0 aliphatic carbocycles. The van der Waals surface area contributed by atoms with Gasteiger partial charge in [0, 0.05) is 0 Å². The van der Waals surface area contributed by atoms with Crippen LogP contribution in [0.5, 0.6) is 11.5 Å². The van der Waals surface area contributed by atoms with E-state index in [1.807, 2.05) is 31.2 Å². The van der Waals surface area contributed by atoms with Crippen LogP contribution in [0.2, 0.25) is 0 Å². The van der Waals surface area contributed by atoms with Crippen molar-refractivity contribution in [2.75, 3.05) is 20.3 Å². The summed E-state index contributed by atoms with van der Waals surface area (Å²) < 4.78 is 11.8. The van der Waals surface area contributed by atoms with E-state index in [0.717, 1.165) is 66.2 Å². The molecule has 0 aliphatic rings. The summed E-state index contributed by atoms with van der Waals surface area (Å²) >= 11 is 0. The van der Waals surface area contributed by atoms with Crippen molar-refractivity contribution < 1.29 is 14.3 Å². The number of hydrogen-bond acceptors (Lipinski definition) is 4. The SMILES string of the molecule is C/C=C/COc1cc(C)c(OCCCCc2ccc(C(CC)=NOC)cc2)c(C)c1. The molecule has 0 fully saturated rings. The molecule has 0 aliphatic heterocycles. The van der Waals surface area contributed by atoms with E-state index in [1.54, 1.807) is 7.11 Å². The highest BCUT2D eigenvalue weighted by Gasteiger charge is 2.07. The van der Waals surface area contributed by atoms with Crippen LogP contribution in [0.4, 0.5) is 0 Å². The van der Waals surface area contributed by atoms with Crippen LogP contribution in [0.25, 0.3) is 0 Å². The first-order chi connectivity index (χ1) is 14.6. The molecule has 0 saturated heterocycles. The molecular formula is C26H35NO3. The zero-order valence-electron chi connectivity index (χ0n) is 19.0. The van der Waals surface area contributed by atoms with Crippen LogP contribution >= 0.6 is 0 Å². The first-order valence-corrected chi connectivity index (χ1v) is 10.8. The normalized spacial score (nSPS) is 11.7. The largest absolute Gasteiger partial charge is 0.493 e. The summed E-state index contributed by atoms with van der Waals surface area (Å²) in [7, 11) is 1.59. The van der Waals surface area contributed by atoms with Crippen molar-refractivity contribution in [1.82, 2.24) is 0 Å². The molecule has 4 nitrogen and oxygen atoms in total. The fraction of sp³-hybridized carbons (Fsp3) is 0.423. The van der Waals surface area contributed by atoms with Crippen LogP contribution in [0, 0.1) is 13.8 Å². The molecule has 2 aromatic carbocycles. The lowest BCUT2D eigenvalue weighted by Crippen LogP contribution is -2.03. The van der Waals surface area contributed by atoms with E-state index in [-0.39, 0.29) is 0 Å². The van der Waals surface area contributed by atoms with Gasteiger partial charge < -0.3 is 14.3 Å². The minimum Gasteiger partial charge on any atom is -0.493 e. The molecule has 0 atom stereocenters. The van der Waals surface area contributed by atoms with Crippen molar-refractivity contribution in [3.05, 3.63) is 70.8 Å². The van der Waals surface area contributed by atoms with Gasteiger partial charge in [0.2, 0.25) is 0 Å². The third-order valence-corrected chi connectivity index (χ3v) is 4.95. The number of benzene rings is 2. The van der Waals surface area contributed by atoms with Gasteiger partial charge >= 0.3 is 0 Å². The van der Waals surface area contributed by atoms with Crippen molar-refractivity contribution in [3.8, 4) is 11.5 Å². The molecule has 4 heteroatoms. The first-order valence-electron chi connectivity index (χ1n) is 10.8. The van der Waals surface area contributed by atoms with Crippen LogP contribution in [0.3, 0.4) is 0 Å². The zero-order chi connectivity index (χ0) is 21.8. The monoisotopic (exact) mass is 409 g/mol. The Morgan fingerprint density at radius 1 is 1.00 bits per heavy atom. The standard InChI is InChI=1S/C26H35NO3/c1-6-8-16-29-24-18-20(3)26(21(4)19-24)30-17-10-9-11-22-12-14-23(15-13-22)25(7-2)27-28-5/h6,8,12-15,18-19H,7,9-11,16-17H2,1-5H3/b8-6+,27-25?. The number of nitrogens with zero attached hydrogens (tertiary/aromatic N) is 1. The zero-order valence-corrected chi connectivity index (χ0v) is 19.0. The van der Waals surface area contributed by atoms with Crippen molar-refractivity contribution in [2.24, 2.45) is 5.16 Å². The average molecular weight is 410 g/mol. The van der Waals surface area contributed by atoms with Gasteiger partial charge in [0.1, 0.15) is 25.2 Å². The number of oxime groups is 1. The van der Waals surface area contributed by atoms with E-state index in [9.17, 15) is 0 Å². The molecule has 0 spiro atoms. The van der Waals surface area contributed by atoms with Gasteiger partial charge in [-0.05, 0) is 80.8 Å². The van der Waals surface area contributed by atoms with Crippen molar-refractivity contribution in [1.29, 1.82) is 0 Å². The summed E-state index contributed by atoms with van der Waals surface area (Å²) in [6, 6.07) is 12.7. The lowest BCUT2D eigenvalue weighted by atomic mass is 10.0. The summed E-state index contributed by atoms with van der Waals surface area (Å²) in [5.41, 5.74) is 5.66. The van der Waals surface area contributed by atoms with E-state index >= 15 is 0 Å². The van der Waals surface area contributed by atoms with Gasteiger partial charge in [-0.1, -0.05) is 48.5 Å². The Bertz CT molecular complexity index is 815. The highest BCUT2D eigenvalue weighted by molar-refractivity contribution is 6.00. The number of hydrogen-bond donors (Lipinski definition) is 0. The van der Waals surface area contributed by atoms with Gasteiger partial charge in [-0.15, -0.1) is 0 Å². The second-order valence-electron chi connectivity index (χ2n) is 7.34. The van der Waals surface area contributed by atoms with Gasteiger partial charge in [-0.2, -0.15) is 0 Å². The molecule has 162 valence electrons. The second kappa shape index (κ2) is 12.7. The lowest BCUT2D eigenvalue weighted by molar-refractivity contribution is 0.213. The summed E-state index contributed by atoms with van der Waals surface area (Å²) in [6.07, 6.45) is 8.00. The number of rotatable bonds is 12. The maximum atomic E-state index is 6.08. The molecule has 0 N–H and O–H groups in total. The fourth-order valence-electron chi connectivity index (χ4n) is 3.36. The van der Waals surface area contributed by atoms with E-state index < -0.39 is 0 Å². The van der Waals surface area contributed by atoms with Crippen molar-refractivity contribution in [3.63, 3.8) is 0 Å². The smallest absolute Gasteiger partial charge is 0.125 e. The van der Waals surface area contributed by atoms with Gasteiger partial charge in [0.25, 0.3) is 0 Å². The maximum Gasteiger partial charge on any atom is 0.125 e. The van der Waals surface area contributed by atoms with Crippen LogP contribution in [-0.4, -0.2) is 26.0 Å². The quantitative estimate of drug-likeness (QED) is 0.176. The highest BCUT2D eigenvalue weighted by Crippen LogP contribution is 2.28. The Labute approximate surface area is 181 Å². The van der Waals surface area contributed by atoms with Gasteiger partial charge in [0.05, 0.1) is 12.3 Å². The third kappa shape index (κ3) is 7.25. The number of ether oxygens (including phenoxy) is 2. The molecule has 2 rings (SSSR count). The molecule has 0 aromatic heterocycles. The minimum absolute atomic E-state index is 0.593. The topological polar surface area (TPSA) is 40.0 Å². The Morgan fingerprint density at radius 2 is 1.70 bits per heavy atom. The fourth-order valence-corrected chi connectivity index (χ4v) is 3.36. The van der Waals surface area contributed by atoms with Gasteiger partial charge in [0.15, 0.2) is 0 Å². The maximum absolute atomic E-state index is 6.08. The van der Waals surface area contributed by atoms with Crippen LogP contribution in [0.15, 0.2) is 53.7 Å². The number of aryl methyl sites for hydroxylation is 3. The molecule has 30 heavy (non-hydrogen) atoms. The Hall–Kier alpha value is -2.75. The second-order valence-corrected chi connectivity index (χ2v) is 7.34. The predicted octanol–water partition coefficient (Wildman–Crippen LogP) is 6.42. The lowest BCUT2D eigenvalue weighted by Gasteiger charge is -2.14. The minimum atomic E-state index is 0.593. The van der Waals surface area contributed by atoms with E-state index in [1.165, 1.54) is 5.56 Å². The summed E-state index contributed by atoms with van der Waals surface area (Å²) in [4.78, 5) is 4.92. The van der Waals surface area contributed by atoms with E-state index in [4.69, 9.17) is 14.3 Å². The third-order valence-electron chi connectivity index (χ3n) is 4.95. The highest BCUT2D eigenvalue weighted by atomic mass is 16.6. The molecule has 0 saturated carbocycles. The van der Waals surface area contributed by atoms with Crippen LogP contribution in [0.1, 0.15) is 55.4 Å². The molecule has 0 unspecified atom stereocenters. The predicted molar refractivity (Wildman–Crippen MR) is 125 cm³/mol. The molecule has 0 bridgehead atoms. The van der Waals surface area contributed by atoms with Crippen LogP contribution in [-0.2, 0) is 11.3 Å². The molecular weight excluding hydrogens is 374 g/mol. The van der Waals surface area contributed by atoms with E-state index in [2.05, 4.69) is 50.2 Å². The molecule has 0 heterocycles. The summed E-state index contributed by atoms with van der Waals surface area (Å²) in [5.74, 6) is 1.86. The summed E-state index contributed by atoms with van der Waals surface area (Å²) in [5, 5.41) is 4.09. The van der Waals surface area contributed by atoms with Gasteiger partial charge in [-0.3, -0.25) is 0 Å². The number of unbranched alkanes of at least 4 members (excludes halogenated alkanes) is 1. The molecule has 2 aromatic rings. The Morgan fingerprint density at radius 3 is 2.30 bits per heavy atom. The Balaban J connectivity index is 1.79. The summed E-state index contributed by atoms with van der Waals surface area (Å²) in [6.45, 7) is 9.54. The van der Waals surface area contributed by atoms with Gasteiger partial charge in [-0.25, -0.2) is 0 Å². The van der Waals surface area contributed by atoms with Crippen molar-refractivity contribution in [2.45, 2.75) is 53.4 Å². The average Bonchev–Trinajstić information content (AvgIpc) is 2.74. The molecule has 0 amide bonds. The van der Waals surface area contributed by atoms with Crippen molar-refractivity contribution >= 4 is 5.71 Å². The number of allylic oxidation sites excluding steroid dienone is 1. The Kier molecular flexibility index (Phi) is 9.99. The first kappa shape index (κ1) is 23.5. The molecule has 0 radical (unpaired) electrons.